The molecule has 1 aromatic heterocycles. The Morgan fingerprint density at radius 3 is 2.50 bits per heavy atom. The molecular weight excluding hydrogens is 547 g/mol. The highest BCUT2D eigenvalue weighted by molar-refractivity contribution is 7.14. The minimum Gasteiger partial charge on any atom is -0.487 e. The number of amides is 1. The zero-order valence-corrected chi connectivity index (χ0v) is 23.0. The molecule has 40 heavy (non-hydrogen) atoms. The van der Waals surface area contributed by atoms with Gasteiger partial charge in [-0.1, -0.05) is 53.6 Å². The average Bonchev–Trinajstić information content (AvgIpc) is 3.43. The van der Waals surface area contributed by atoms with Gasteiger partial charge < -0.3 is 10.1 Å². The van der Waals surface area contributed by atoms with Gasteiger partial charge >= 0.3 is 0 Å². The number of carbonyl (C=O) groups excluding carboxylic acids is 1. The van der Waals surface area contributed by atoms with E-state index in [9.17, 15) is 9.18 Å². The average molecular weight is 571 g/mol. The Morgan fingerprint density at radius 1 is 1.02 bits per heavy atom. The predicted molar refractivity (Wildman–Crippen MR) is 159 cm³/mol. The maximum absolute atomic E-state index is 13.0. The third kappa shape index (κ3) is 7.11. The fourth-order valence-electron chi connectivity index (χ4n) is 3.70. The fourth-order valence-corrected chi connectivity index (χ4v) is 4.69. The number of halogens is 2. The number of nitrogens with zero attached hydrogens (tertiary/aromatic N) is 2. The van der Waals surface area contributed by atoms with Crippen LogP contribution in [0.15, 0.2) is 101 Å². The van der Waals surface area contributed by atoms with Crippen molar-refractivity contribution in [2.24, 2.45) is 5.10 Å². The second-order valence-electron chi connectivity index (χ2n) is 8.91. The number of hydrazone groups is 1. The van der Waals surface area contributed by atoms with Gasteiger partial charge in [-0.25, -0.2) is 14.8 Å². The molecule has 5 aromatic rings. The number of carbonyl (C=O) groups is 1. The quantitative estimate of drug-likeness (QED) is 0.139. The van der Waals surface area contributed by atoms with Crippen LogP contribution < -0.4 is 15.5 Å². The molecule has 0 aliphatic carbocycles. The highest BCUT2D eigenvalue weighted by atomic mass is 35.5. The molecule has 200 valence electrons. The zero-order valence-electron chi connectivity index (χ0n) is 21.4. The standard InChI is InChI=1S/C31H24ClFN4O2S/c1-20-2-13-26(14-3-20)35-31-36-28(19-40-31)23-7-9-24(10-8-23)30(38)37-34-17-22-6-15-29(27(32)16-22)39-18-21-4-11-25(33)12-5-21/h2-17,19H,18H2,1H3,(H,35,36)(H,37,38)/b34-17-. The first-order valence-electron chi connectivity index (χ1n) is 12.3. The van der Waals surface area contributed by atoms with Gasteiger partial charge in [-0.15, -0.1) is 11.3 Å². The number of aryl methyl sites for hydroxylation is 1. The van der Waals surface area contributed by atoms with Crippen molar-refractivity contribution in [2.45, 2.75) is 13.5 Å². The van der Waals surface area contributed by atoms with Gasteiger partial charge in [-0.2, -0.15) is 5.10 Å². The Morgan fingerprint density at radius 2 is 1.77 bits per heavy atom. The molecule has 0 saturated carbocycles. The minimum atomic E-state index is -0.340. The van der Waals surface area contributed by atoms with Gasteiger partial charge in [0.25, 0.3) is 5.91 Å². The Balaban J connectivity index is 1.14. The summed E-state index contributed by atoms with van der Waals surface area (Å²) in [4.78, 5) is 17.2. The molecule has 0 radical (unpaired) electrons. The second kappa shape index (κ2) is 12.5. The molecule has 1 amide bonds. The summed E-state index contributed by atoms with van der Waals surface area (Å²) < 4.78 is 18.8. The van der Waals surface area contributed by atoms with E-state index in [0.717, 1.165) is 27.6 Å². The highest BCUT2D eigenvalue weighted by Gasteiger charge is 2.09. The van der Waals surface area contributed by atoms with Crippen LogP contribution in [0, 0.1) is 12.7 Å². The number of anilines is 2. The summed E-state index contributed by atoms with van der Waals surface area (Å²) >= 11 is 7.85. The van der Waals surface area contributed by atoms with Gasteiger partial charge in [0.1, 0.15) is 18.2 Å². The van der Waals surface area contributed by atoms with E-state index in [1.165, 1.54) is 35.2 Å². The van der Waals surface area contributed by atoms with E-state index in [1.54, 1.807) is 42.5 Å². The molecule has 6 nitrogen and oxygen atoms in total. The summed E-state index contributed by atoms with van der Waals surface area (Å²) in [6.45, 7) is 2.31. The van der Waals surface area contributed by atoms with Gasteiger partial charge in [-0.3, -0.25) is 4.79 Å². The van der Waals surface area contributed by atoms with Crippen molar-refractivity contribution < 1.29 is 13.9 Å². The van der Waals surface area contributed by atoms with Crippen molar-refractivity contribution >= 4 is 45.9 Å². The molecule has 2 N–H and O–H groups in total. The van der Waals surface area contributed by atoms with Gasteiger partial charge in [0.15, 0.2) is 5.13 Å². The molecule has 9 heteroatoms. The lowest BCUT2D eigenvalue weighted by Crippen LogP contribution is -2.17. The van der Waals surface area contributed by atoms with Crippen molar-refractivity contribution in [3.63, 3.8) is 0 Å². The lowest BCUT2D eigenvalue weighted by Gasteiger charge is -2.08. The smallest absolute Gasteiger partial charge is 0.271 e. The molecule has 0 aliphatic heterocycles. The molecule has 5 rings (SSSR count). The van der Waals surface area contributed by atoms with E-state index in [0.29, 0.717) is 21.9 Å². The molecule has 0 saturated heterocycles. The van der Waals surface area contributed by atoms with Crippen LogP contribution in [0.4, 0.5) is 15.2 Å². The van der Waals surface area contributed by atoms with Crippen LogP contribution in [0.3, 0.4) is 0 Å². The molecular formula is C31H24ClFN4O2S. The molecule has 0 fully saturated rings. The first kappa shape index (κ1) is 27.1. The number of aromatic nitrogens is 1. The number of ether oxygens (including phenoxy) is 1. The van der Waals surface area contributed by atoms with E-state index < -0.39 is 0 Å². The highest BCUT2D eigenvalue weighted by Crippen LogP contribution is 2.28. The van der Waals surface area contributed by atoms with Crippen molar-refractivity contribution in [3.8, 4) is 17.0 Å². The number of benzene rings is 4. The Hall–Kier alpha value is -4.53. The van der Waals surface area contributed by atoms with Crippen molar-refractivity contribution in [1.29, 1.82) is 0 Å². The first-order chi connectivity index (χ1) is 19.4. The van der Waals surface area contributed by atoms with E-state index in [1.807, 2.05) is 48.7 Å². The SMILES string of the molecule is Cc1ccc(Nc2nc(-c3ccc(C(=O)N/N=C\c4ccc(OCc5ccc(F)cc5)c(Cl)c4)cc3)cs2)cc1. The number of rotatable bonds is 9. The largest absolute Gasteiger partial charge is 0.487 e. The van der Waals surface area contributed by atoms with Crippen LogP contribution in [-0.4, -0.2) is 17.1 Å². The Bertz CT molecular complexity index is 1640. The minimum absolute atomic E-state index is 0.260. The topological polar surface area (TPSA) is 75.6 Å². The summed E-state index contributed by atoms with van der Waals surface area (Å²) in [7, 11) is 0. The lowest BCUT2D eigenvalue weighted by molar-refractivity contribution is 0.0955. The summed E-state index contributed by atoms with van der Waals surface area (Å²) in [5.74, 6) is -0.148. The van der Waals surface area contributed by atoms with Gasteiger partial charge in [0.2, 0.25) is 0 Å². The van der Waals surface area contributed by atoms with Crippen LogP contribution in [0.5, 0.6) is 5.75 Å². The third-order valence-corrected chi connectivity index (χ3v) is 6.95. The third-order valence-electron chi connectivity index (χ3n) is 5.89. The van der Waals surface area contributed by atoms with E-state index in [2.05, 4.69) is 20.8 Å². The molecule has 0 spiro atoms. The molecule has 0 unspecified atom stereocenters. The van der Waals surface area contributed by atoms with Gasteiger partial charge in [0, 0.05) is 22.2 Å². The van der Waals surface area contributed by atoms with Gasteiger partial charge in [0.05, 0.1) is 16.9 Å². The van der Waals surface area contributed by atoms with Crippen LogP contribution >= 0.6 is 22.9 Å². The monoisotopic (exact) mass is 570 g/mol. The maximum Gasteiger partial charge on any atom is 0.271 e. The molecule has 0 aliphatic rings. The number of thiazole rings is 1. The normalized spacial score (nSPS) is 11.0. The van der Waals surface area contributed by atoms with Gasteiger partial charge in [-0.05, 0) is 72.6 Å². The van der Waals surface area contributed by atoms with E-state index >= 15 is 0 Å². The summed E-state index contributed by atoms with van der Waals surface area (Å²) in [5.41, 5.74) is 8.42. The van der Waals surface area contributed by atoms with Crippen LogP contribution in [0.1, 0.15) is 27.0 Å². The number of hydrogen-bond acceptors (Lipinski definition) is 6. The Labute approximate surface area is 240 Å². The van der Waals surface area contributed by atoms with Crippen molar-refractivity contribution in [1.82, 2.24) is 10.4 Å². The van der Waals surface area contributed by atoms with E-state index in [-0.39, 0.29) is 18.3 Å². The first-order valence-corrected chi connectivity index (χ1v) is 13.6. The molecule has 1 heterocycles. The Kier molecular flexibility index (Phi) is 8.49. The molecule has 0 atom stereocenters. The zero-order chi connectivity index (χ0) is 27.9. The lowest BCUT2D eigenvalue weighted by atomic mass is 10.1. The van der Waals surface area contributed by atoms with Crippen molar-refractivity contribution in [2.75, 3.05) is 5.32 Å². The van der Waals surface area contributed by atoms with Crippen molar-refractivity contribution in [3.05, 3.63) is 129 Å². The van der Waals surface area contributed by atoms with Crippen LogP contribution in [-0.2, 0) is 6.61 Å². The van der Waals surface area contributed by atoms with Crippen LogP contribution in [0.2, 0.25) is 5.02 Å². The number of nitrogens with one attached hydrogen (secondary N) is 2. The second-order valence-corrected chi connectivity index (χ2v) is 10.2. The summed E-state index contributed by atoms with van der Waals surface area (Å²) in [5, 5.41) is 10.5. The summed E-state index contributed by atoms with van der Waals surface area (Å²) in [6.07, 6.45) is 1.50. The summed E-state index contributed by atoms with van der Waals surface area (Å²) in [6, 6.07) is 26.5. The van der Waals surface area contributed by atoms with Crippen LogP contribution in [0.25, 0.3) is 11.3 Å². The molecule has 0 bridgehead atoms. The number of hydrogen-bond donors (Lipinski definition) is 2. The predicted octanol–water partition coefficient (Wildman–Crippen LogP) is 8.00. The maximum atomic E-state index is 13.0. The fraction of sp³-hybridized carbons (Fsp3) is 0.0645. The molecule has 4 aromatic carbocycles. The van der Waals surface area contributed by atoms with E-state index in [4.69, 9.17) is 16.3 Å².